The zero-order valence-electron chi connectivity index (χ0n) is 13.9. The Hall–Kier alpha value is -0.0900. The molecule has 120 valence electrons. The first kappa shape index (κ1) is 17.3. The van der Waals surface area contributed by atoms with E-state index in [1.165, 1.54) is 74.8 Å². The summed E-state index contributed by atoms with van der Waals surface area (Å²) in [6, 6.07) is 0. The van der Waals surface area contributed by atoms with E-state index in [0.717, 1.165) is 0 Å². The fourth-order valence-corrected chi connectivity index (χ4v) is 4.93. The number of likely N-dealkylation sites (tertiary alicyclic amines) is 1. The fraction of sp³-hybridized carbons (Fsp3) is 0.824. The SMILES string of the molecule is CS/C(=C\C(N1CCCCC1)=[N+]1CCCCC1)SC(C)C. The molecule has 0 aromatic heterocycles. The van der Waals surface area contributed by atoms with Gasteiger partial charge in [-0.3, -0.25) is 9.48 Å². The van der Waals surface area contributed by atoms with Gasteiger partial charge in [0.2, 0.25) is 0 Å². The lowest BCUT2D eigenvalue weighted by atomic mass is 10.1. The summed E-state index contributed by atoms with van der Waals surface area (Å²) in [4.78, 5) is 2.64. The summed E-state index contributed by atoms with van der Waals surface area (Å²) in [6.07, 6.45) is 12.9. The highest BCUT2D eigenvalue weighted by molar-refractivity contribution is 8.22. The average Bonchev–Trinajstić information content (AvgIpc) is 2.52. The topological polar surface area (TPSA) is 6.25 Å². The van der Waals surface area contributed by atoms with Gasteiger partial charge in [-0.2, -0.15) is 0 Å². The minimum absolute atomic E-state index is 0.660. The lowest BCUT2D eigenvalue weighted by Crippen LogP contribution is -2.42. The first-order valence-corrected chi connectivity index (χ1v) is 10.6. The van der Waals surface area contributed by atoms with E-state index < -0.39 is 0 Å². The van der Waals surface area contributed by atoms with E-state index in [4.69, 9.17) is 0 Å². The van der Waals surface area contributed by atoms with E-state index in [2.05, 4.69) is 35.7 Å². The molecule has 0 aliphatic carbocycles. The van der Waals surface area contributed by atoms with Crippen LogP contribution in [0, 0.1) is 0 Å². The molecule has 0 spiro atoms. The Labute approximate surface area is 139 Å². The zero-order valence-corrected chi connectivity index (χ0v) is 15.6. The Kier molecular flexibility index (Phi) is 7.51. The van der Waals surface area contributed by atoms with Crippen molar-refractivity contribution in [1.29, 1.82) is 0 Å². The second-order valence-corrected chi connectivity index (χ2v) is 9.01. The Morgan fingerprint density at radius 3 is 2.19 bits per heavy atom. The number of hydrogen-bond acceptors (Lipinski definition) is 2. The molecule has 0 radical (unpaired) electrons. The average molecular weight is 328 g/mol. The van der Waals surface area contributed by atoms with Gasteiger partial charge in [0.25, 0.3) is 5.84 Å². The summed E-state index contributed by atoms with van der Waals surface area (Å²) < 4.78 is 4.11. The van der Waals surface area contributed by atoms with Crippen LogP contribution in [-0.2, 0) is 0 Å². The molecule has 0 unspecified atom stereocenters. The molecule has 4 heteroatoms. The van der Waals surface area contributed by atoms with Gasteiger partial charge in [-0.1, -0.05) is 13.8 Å². The van der Waals surface area contributed by atoms with E-state index in [1.54, 1.807) is 0 Å². The van der Waals surface area contributed by atoms with Gasteiger partial charge >= 0.3 is 0 Å². The van der Waals surface area contributed by atoms with Crippen molar-refractivity contribution in [3.63, 3.8) is 0 Å². The van der Waals surface area contributed by atoms with Crippen LogP contribution in [0.2, 0.25) is 0 Å². The lowest BCUT2D eigenvalue weighted by molar-refractivity contribution is -0.541. The highest BCUT2D eigenvalue weighted by Gasteiger charge is 2.25. The number of nitrogens with zero attached hydrogens (tertiary/aromatic N) is 2. The minimum Gasteiger partial charge on any atom is -0.262 e. The Bertz CT molecular complexity index is 374. The summed E-state index contributed by atoms with van der Waals surface area (Å²) in [6.45, 7) is 9.56. The number of piperidine rings is 2. The zero-order chi connectivity index (χ0) is 15.1. The molecule has 21 heavy (non-hydrogen) atoms. The van der Waals surface area contributed by atoms with Crippen molar-refractivity contribution in [2.75, 3.05) is 32.4 Å². The molecule has 0 aromatic rings. The molecular formula is C17H31N2S2+. The number of rotatable bonds is 4. The van der Waals surface area contributed by atoms with Gasteiger partial charge < -0.3 is 0 Å². The summed E-state index contributed by atoms with van der Waals surface area (Å²) >= 11 is 3.91. The van der Waals surface area contributed by atoms with Crippen molar-refractivity contribution >= 4 is 29.4 Å². The molecule has 2 fully saturated rings. The highest BCUT2D eigenvalue weighted by Crippen LogP contribution is 2.30. The number of hydrogen-bond donors (Lipinski definition) is 0. The van der Waals surface area contributed by atoms with E-state index in [9.17, 15) is 0 Å². The summed E-state index contributed by atoms with van der Waals surface area (Å²) in [5, 5.41) is 0.660. The van der Waals surface area contributed by atoms with Crippen molar-refractivity contribution in [2.24, 2.45) is 0 Å². The van der Waals surface area contributed by atoms with Crippen LogP contribution < -0.4 is 0 Å². The predicted molar refractivity (Wildman–Crippen MR) is 98.6 cm³/mol. The van der Waals surface area contributed by atoms with Crippen LogP contribution in [0.1, 0.15) is 52.4 Å². The summed E-state index contributed by atoms with van der Waals surface area (Å²) in [7, 11) is 0. The molecule has 0 atom stereocenters. The maximum atomic E-state index is 2.64. The summed E-state index contributed by atoms with van der Waals surface area (Å²) in [5.74, 6) is 1.51. The highest BCUT2D eigenvalue weighted by atomic mass is 32.2. The third kappa shape index (κ3) is 5.55. The molecule has 0 aromatic carbocycles. The van der Waals surface area contributed by atoms with Crippen LogP contribution >= 0.6 is 23.5 Å². The van der Waals surface area contributed by atoms with Crippen molar-refractivity contribution in [3.8, 4) is 0 Å². The van der Waals surface area contributed by atoms with Gasteiger partial charge in [0, 0.05) is 15.6 Å². The molecule has 2 aliphatic rings. The van der Waals surface area contributed by atoms with Crippen LogP contribution in [0.15, 0.2) is 10.3 Å². The van der Waals surface area contributed by atoms with E-state index >= 15 is 0 Å². The molecule has 2 rings (SSSR count). The normalized spacial score (nSPS) is 21.0. The van der Waals surface area contributed by atoms with Crippen molar-refractivity contribution in [3.05, 3.63) is 10.3 Å². The van der Waals surface area contributed by atoms with Gasteiger partial charge in [0.15, 0.2) is 0 Å². The van der Waals surface area contributed by atoms with Crippen molar-refractivity contribution in [2.45, 2.75) is 57.6 Å². The predicted octanol–water partition coefficient (Wildman–Crippen LogP) is 4.41. The molecule has 0 amide bonds. The number of amidine groups is 1. The van der Waals surface area contributed by atoms with Crippen LogP contribution in [0.25, 0.3) is 0 Å². The third-order valence-corrected chi connectivity index (χ3v) is 6.29. The molecule has 2 heterocycles. The lowest BCUT2D eigenvalue weighted by Gasteiger charge is -2.26. The summed E-state index contributed by atoms with van der Waals surface area (Å²) in [5.41, 5.74) is 0. The van der Waals surface area contributed by atoms with Gasteiger partial charge in [0.05, 0.1) is 26.2 Å². The first-order chi connectivity index (χ1) is 10.2. The maximum Gasteiger partial charge on any atom is 0.273 e. The van der Waals surface area contributed by atoms with Crippen LogP contribution in [0.4, 0.5) is 0 Å². The van der Waals surface area contributed by atoms with E-state index in [-0.39, 0.29) is 0 Å². The minimum atomic E-state index is 0.660. The molecule has 0 saturated carbocycles. The second-order valence-electron chi connectivity index (χ2n) is 6.29. The van der Waals surface area contributed by atoms with Gasteiger partial charge in [-0.15, -0.1) is 23.5 Å². The fourth-order valence-electron chi connectivity index (χ4n) is 3.11. The molecule has 2 saturated heterocycles. The largest absolute Gasteiger partial charge is 0.273 e. The van der Waals surface area contributed by atoms with Crippen LogP contribution in [-0.4, -0.2) is 53.0 Å². The van der Waals surface area contributed by atoms with Crippen LogP contribution in [0.5, 0.6) is 0 Å². The maximum absolute atomic E-state index is 2.64. The smallest absolute Gasteiger partial charge is 0.262 e. The van der Waals surface area contributed by atoms with E-state index in [0.29, 0.717) is 5.25 Å². The molecule has 2 nitrogen and oxygen atoms in total. The van der Waals surface area contributed by atoms with E-state index in [1.807, 2.05) is 23.5 Å². The third-order valence-electron chi connectivity index (χ3n) is 4.16. The molecular weight excluding hydrogens is 296 g/mol. The monoisotopic (exact) mass is 327 g/mol. The Morgan fingerprint density at radius 1 is 1.00 bits per heavy atom. The molecule has 2 aliphatic heterocycles. The first-order valence-electron chi connectivity index (χ1n) is 8.50. The second kappa shape index (κ2) is 9.14. The van der Waals surface area contributed by atoms with Crippen LogP contribution in [0.3, 0.4) is 0 Å². The molecule has 0 N–H and O–H groups in total. The quantitative estimate of drug-likeness (QED) is 0.557. The van der Waals surface area contributed by atoms with Gasteiger partial charge in [0.1, 0.15) is 0 Å². The molecule has 0 bridgehead atoms. The van der Waals surface area contributed by atoms with Gasteiger partial charge in [-0.05, 0) is 44.8 Å². The van der Waals surface area contributed by atoms with Crippen molar-refractivity contribution < 1.29 is 4.58 Å². The van der Waals surface area contributed by atoms with Crippen molar-refractivity contribution in [1.82, 2.24) is 4.90 Å². The standard InChI is InChI=1S/C17H31N2S2/c1-15(2)21-17(20-3)14-16(18-10-6-4-7-11-18)19-12-8-5-9-13-19/h14-15H,4-13H2,1-3H3/q+1/b17-14+. The Morgan fingerprint density at radius 2 is 1.62 bits per heavy atom. The van der Waals surface area contributed by atoms with Gasteiger partial charge in [-0.25, -0.2) is 0 Å². The Balaban J connectivity index is 2.23. The number of thioether (sulfide) groups is 2.